The van der Waals surface area contributed by atoms with Gasteiger partial charge in [0, 0.05) is 5.41 Å². The molecule has 0 aliphatic heterocycles. The van der Waals surface area contributed by atoms with E-state index in [0.29, 0.717) is 0 Å². The van der Waals surface area contributed by atoms with Gasteiger partial charge in [0.25, 0.3) is 0 Å². The fourth-order valence-electron chi connectivity index (χ4n) is 3.00. The summed E-state index contributed by atoms with van der Waals surface area (Å²) >= 11 is 1.02. The van der Waals surface area contributed by atoms with Gasteiger partial charge in [-0.2, -0.15) is 0 Å². The fourth-order valence-corrected chi connectivity index (χ4v) is 6.10. The second-order valence-corrected chi connectivity index (χ2v) is 12.5. The Kier molecular flexibility index (Phi) is 9.28. The first-order valence-corrected chi connectivity index (χ1v) is 13.8. The number of carbonyl (C=O) groups is 3. The van der Waals surface area contributed by atoms with E-state index in [1.54, 1.807) is 34.6 Å². The molecule has 1 unspecified atom stereocenters. The first-order valence-electron chi connectivity index (χ1n) is 11.4. The highest BCUT2D eigenvalue weighted by atomic mass is 32.1. The molecule has 0 aliphatic rings. The summed E-state index contributed by atoms with van der Waals surface area (Å²) in [6, 6.07) is 2.83. The standard InChI is InChI=1S/C23H34N3O8PS/c1-9-31-19(28)13(3)34-35(30,26-23(7,8)20(29)32-10-2)15-12-11-14(33-15)16-17(36-21(24)25-16)18(27)22(4,5)6/h11-13H,9-10H2,1-8H3,(H2,24,25)(H,26,30)/t13-,35?/m0/s1. The van der Waals surface area contributed by atoms with Crippen LogP contribution in [0.15, 0.2) is 16.5 Å². The maximum atomic E-state index is 14.1. The van der Waals surface area contributed by atoms with Crippen molar-refractivity contribution in [1.82, 2.24) is 10.1 Å². The van der Waals surface area contributed by atoms with Gasteiger partial charge in [0.2, 0.25) is 5.50 Å². The van der Waals surface area contributed by atoms with Gasteiger partial charge in [-0.3, -0.25) is 18.7 Å². The van der Waals surface area contributed by atoms with Crippen LogP contribution in [0.25, 0.3) is 11.5 Å². The number of thiazole rings is 1. The van der Waals surface area contributed by atoms with Crippen molar-refractivity contribution in [3.8, 4) is 11.5 Å². The highest BCUT2D eigenvalue weighted by Crippen LogP contribution is 2.47. The minimum Gasteiger partial charge on any atom is -0.465 e. The molecule has 0 fully saturated rings. The molecule has 200 valence electrons. The zero-order valence-electron chi connectivity index (χ0n) is 21.8. The summed E-state index contributed by atoms with van der Waals surface area (Å²) in [6.45, 7) is 13.1. The molecule has 0 amide bonds. The molecular formula is C23H34N3O8PS. The maximum absolute atomic E-state index is 14.1. The van der Waals surface area contributed by atoms with Gasteiger partial charge in [0.15, 0.2) is 22.8 Å². The lowest BCUT2D eigenvalue weighted by Gasteiger charge is -2.29. The Morgan fingerprint density at radius 3 is 2.31 bits per heavy atom. The highest BCUT2D eigenvalue weighted by Gasteiger charge is 2.43. The molecular weight excluding hydrogens is 509 g/mol. The van der Waals surface area contributed by atoms with Crippen LogP contribution in [-0.2, 0) is 28.2 Å². The van der Waals surface area contributed by atoms with Gasteiger partial charge in [0.05, 0.1) is 13.2 Å². The number of nitrogen functional groups attached to an aromatic ring is 1. The molecule has 13 heteroatoms. The van der Waals surface area contributed by atoms with Crippen LogP contribution in [0.5, 0.6) is 0 Å². The predicted octanol–water partition coefficient (Wildman–Crippen LogP) is 3.93. The van der Waals surface area contributed by atoms with Crippen LogP contribution >= 0.6 is 18.9 Å². The predicted molar refractivity (Wildman–Crippen MR) is 136 cm³/mol. The molecule has 0 saturated heterocycles. The van der Waals surface area contributed by atoms with Crippen LogP contribution in [-0.4, -0.2) is 47.6 Å². The van der Waals surface area contributed by atoms with E-state index in [1.807, 2.05) is 0 Å². The van der Waals surface area contributed by atoms with Crippen LogP contribution in [0, 0.1) is 5.41 Å². The van der Waals surface area contributed by atoms with Crippen LogP contribution in [0.2, 0.25) is 0 Å². The summed E-state index contributed by atoms with van der Waals surface area (Å²) < 4.78 is 35.7. The number of carbonyl (C=O) groups excluding carboxylic acids is 3. The fraction of sp³-hybridized carbons (Fsp3) is 0.565. The normalized spacial score (nSPS) is 14.7. The summed E-state index contributed by atoms with van der Waals surface area (Å²) in [7, 11) is -4.23. The molecule has 2 aromatic heterocycles. The lowest BCUT2D eigenvalue weighted by molar-refractivity contribution is -0.150. The van der Waals surface area contributed by atoms with Crippen molar-refractivity contribution in [3.05, 3.63) is 17.0 Å². The minimum atomic E-state index is -4.23. The molecule has 0 radical (unpaired) electrons. The molecule has 0 aliphatic carbocycles. The first kappa shape index (κ1) is 29.7. The number of Topliss-reactive ketones (excluding diaryl/α,β-unsaturated/α-hetero) is 1. The Balaban J connectivity index is 2.55. The van der Waals surface area contributed by atoms with E-state index in [1.165, 1.54) is 32.9 Å². The molecule has 0 aromatic carbocycles. The zero-order chi connectivity index (χ0) is 27.5. The lowest BCUT2D eigenvalue weighted by atomic mass is 9.89. The monoisotopic (exact) mass is 543 g/mol. The van der Waals surface area contributed by atoms with Crippen LogP contribution < -0.4 is 16.3 Å². The van der Waals surface area contributed by atoms with E-state index < -0.39 is 36.5 Å². The van der Waals surface area contributed by atoms with E-state index in [0.717, 1.165) is 11.3 Å². The number of ether oxygens (including phenoxy) is 2. The largest absolute Gasteiger partial charge is 0.465 e. The van der Waals surface area contributed by atoms with Gasteiger partial charge in [-0.1, -0.05) is 32.1 Å². The van der Waals surface area contributed by atoms with Crippen molar-refractivity contribution >= 4 is 47.2 Å². The second-order valence-electron chi connectivity index (χ2n) is 9.46. The molecule has 2 rings (SSSR count). The van der Waals surface area contributed by atoms with Crippen LogP contribution in [0.1, 0.15) is 65.1 Å². The number of nitrogens with two attached hydrogens (primary N) is 1. The quantitative estimate of drug-likeness (QED) is 0.240. The SMILES string of the molecule is CCOC(=O)[C@H](C)OP(=O)(NC(C)(C)C(=O)OCC)c1ccc(-c2nc(N)sc2C(=O)C(C)(C)C)o1. The summed E-state index contributed by atoms with van der Waals surface area (Å²) in [5.41, 5.74) is 3.69. The molecule has 36 heavy (non-hydrogen) atoms. The number of ketones is 1. The van der Waals surface area contributed by atoms with Gasteiger partial charge in [-0.05, 0) is 46.8 Å². The van der Waals surface area contributed by atoms with E-state index in [4.69, 9.17) is 24.1 Å². The van der Waals surface area contributed by atoms with Crippen molar-refractivity contribution in [1.29, 1.82) is 0 Å². The number of hydrogen-bond acceptors (Lipinski definition) is 11. The third-order valence-corrected chi connectivity index (χ3v) is 7.95. The van der Waals surface area contributed by atoms with Gasteiger partial charge in [-0.15, -0.1) is 0 Å². The van der Waals surface area contributed by atoms with Gasteiger partial charge < -0.3 is 19.6 Å². The molecule has 0 bridgehead atoms. The molecule has 2 heterocycles. The first-order chi connectivity index (χ1) is 16.6. The number of esters is 2. The second kappa shape index (κ2) is 11.2. The van der Waals surface area contributed by atoms with Crippen molar-refractivity contribution < 1.29 is 37.4 Å². The van der Waals surface area contributed by atoms with E-state index >= 15 is 0 Å². The van der Waals surface area contributed by atoms with E-state index in [9.17, 15) is 18.9 Å². The number of nitrogens with one attached hydrogen (secondary N) is 1. The molecule has 0 spiro atoms. The third kappa shape index (κ3) is 6.82. The number of anilines is 1. The Hall–Kier alpha value is -2.53. The number of aromatic nitrogens is 1. The van der Waals surface area contributed by atoms with Crippen molar-refractivity contribution in [2.24, 2.45) is 5.41 Å². The molecule has 3 N–H and O–H groups in total. The van der Waals surface area contributed by atoms with Crippen molar-refractivity contribution in [2.45, 2.75) is 67.0 Å². The topological polar surface area (TPSA) is 160 Å². The Morgan fingerprint density at radius 1 is 1.14 bits per heavy atom. The summed E-state index contributed by atoms with van der Waals surface area (Å²) in [5.74, 6) is -1.50. The number of hydrogen-bond donors (Lipinski definition) is 2. The summed E-state index contributed by atoms with van der Waals surface area (Å²) in [4.78, 5) is 42.2. The molecule has 2 atom stereocenters. The maximum Gasteiger partial charge on any atom is 0.336 e. The zero-order valence-corrected chi connectivity index (χ0v) is 23.5. The number of rotatable bonds is 11. The third-order valence-electron chi connectivity index (χ3n) is 4.78. The smallest absolute Gasteiger partial charge is 0.336 e. The van der Waals surface area contributed by atoms with Crippen LogP contribution in [0.4, 0.5) is 5.13 Å². The van der Waals surface area contributed by atoms with Gasteiger partial charge in [-0.25, -0.2) is 14.9 Å². The van der Waals surface area contributed by atoms with Crippen molar-refractivity contribution in [3.63, 3.8) is 0 Å². The summed E-state index contributed by atoms with van der Waals surface area (Å²) in [5, 5.41) is 2.84. The summed E-state index contributed by atoms with van der Waals surface area (Å²) in [6.07, 6.45) is -1.26. The van der Waals surface area contributed by atoms with Gasteiger partial charge in [0.1, 0.15) is 16.1 Å². The molecule has 11 nitrogen and oxygen atoms in total. The number of furan rings is 1. The minimum absolute atomic E-state index is 0.0965. The number of nitrogens with zero attached hydrogens (tertiary/aromatic N) is 1. The Bertz CT molecular complexity index is 1160. The Labute approximate surface area is 214 Å². The van der Waals surface area contributed by atoms with Gasteiger partial charge >= 0.3 is 19.5 Å². The average Bonchev–Trinajstić information content (AvgIpc) is 3.39. The molecule has 2 aromatic rings. The van der Waals surface area contributed by atoms with Crippen molar-refractivity contribution in [2.75, 3.05) is 18.9 Å². The average molecular weight is 544 g/mol. The highest BCUT2D eigenvalue weighted by molar-refractivity contribution is 7.64. The van der Waals surface area contributed by atoms with E-state index in [-0.39, 0.29) is 46.0 Å². The lowest BCUT2D eigenvalue weighted by Crippen LogP contribution is -2.48. The van der Waals surface area contributed by atoms with E-state index in [2.05, 4.69) is 10.1 Å². The van der Waals surface area contributed by atoms with Crippen LogP contribution in [0.3, 0.4) is 0 Å². The Morgan fingerprint density at radius 2 is 1.75 bits per heavy atom. The molecule has 0 saturated carbocycles.